The fraction of sp³-hybridized carbons (Fsp3) is 0.917. The molecule has 0 aromatic heterocycles. The summed E-state index contributed by atoms with van der Waals surface area (Å²) in [5, 5.41) is 3.26. The molecule has 16 heavy (non-hydrogen) atoms. The van der Waals surface area contributed by atoms with E-state index < -0.39 is 0 Å². The SMILES string of the molecule is COCC1CCN(C(=O)CCNC(C)C)C1. The minimum atomic E-state index is 0.270. The lowest BCUT2D eigenvalue weighted by atomic mass is 10.1. The van der Waals surface area contributed by atoms with Crippen molar-refractivity contribution in [2.24, 2.45) is 5.92 Å². The Hall–Kier alpha value is -0.610. The number of nitrogens with one attached hydrogen (secondary N) is 1. The summed E-state index contributed by atoms with van der Waals surface area (Å²) in [6, 6.07) is 0.451. The molecule has 0 radical (unpaired) electrons. The molecule has 1 N–H and O–H groups in total. The van der Waals surface area contributed by atoms with Gasteiger partial charge in [0.2, 0.25) is 5.91 Å². The maximum absolute atomic E-state index is 11.8. The first kappa shape index (κ1) is 13.5. The normalized spacial score (nSPS) is 20.8. The zero-order valence-corrected chi connectivity index (χ0v) is 10.7. The molecule has 1 aliphatic heterocycles. The molecule has 0 bridgehead atoms. The second-order valence-corrected chi connectivity index (χ2v) is 4.81. The number of carbonyl (C=O) groups excluding carboxylic acids is 1. The number of hydrogen-bond donors (Lipinski definition) is 1. The van der Waals surface area contributed by atoms with E-state index in [1.807, 2.05) is 4.90 Å². The predicted octanol–water partition coefficient (Wildman–Crippen LogP) is 0.869. The van der Waals surface area contributed by atoms with Gasteiger partial charge in [-0.3, -0.25) is 4.79 Å². The lowest BCUT2D eigenvalue weighted by Gasteiger charge is -2.17. The lowest BCUT2D eigenvalue weighted by molar-refractivity contribution is -0.130. The van der Waals surface area contributed by atoms with Crippen molar-refractivity contribution in [3.63, 3.8) is 0 Å². The third-order valence-corrected chi connectivity index (χ3v) is 2.93. The molecular weight excluding hydrogens is 204 g/mol. The zero-order chi connectivity index (χ0) is 12.0. The molecule has 1 atom stereocenters. The van der Waals surface area contributed by atoms with E-state index >= 15 is 0 Å². The maximum Gasteiger partial charge on any atom is 0.223 e. The van der Waals surface area contributed by atoms with Gasteiger partial charge < -0.3 is 15.0 Å². The molecule has 1 unspecified atom stereocenters. The Morgan fingerprint density at radius 1 is 1.56 bits per heavy atom. The molecule has 0 aliphatic carbocycles. The van der Waals surface area contributed by atoms with Gasteiger partial charge in [0.1, 0.15) is 0 Å². The van der Waals surface area contributed by atoms with Crippen molar-refractivity contribution >= 4 is 5.91 Å². The second-order valence-electron chi connectivity index (χ2n) is 4.81. The number of methoxy groups -OCH3 is 1. The van der Waals surface area contributed by atoms with Gasteiger partial charge in [0.25, 0.3) is 0 Å². The minimum absolute atomic E-state index is 0.270. The van der Waals surface area contributed by atoms with Gasteiger partial charge in [-0.25, -0.2) is 0 Å². The summed E-state index contributed by atoms with van der Waals surface area (Å²) >= 11 is 0. The van der Waals surface area contributed by atoms with Gasteiger partial charge in [-0.1, -0.05) is 13.8 Å². The van der Waals surface area contributed by atoms with E-state index in [0.29, 0.717) is 18.4 Å². The van der Waals surface area contributed by atoms with Gasteiger partial charge in [-0.2, -0.15) is 0 Å². The first-order valence-electron chi connectivity index (χ1n) is 6.13. The van der Waals surface area contributed by atoms with Crippen molar-refractivity contribution in [2.45, 2.75) is 32.7 Å². The summed E-state index contributed by atoms with van der Waals surface area (Å²) in [6.07, 6.45) is 1.69. The molecule has 0 aromatic carbocycles. The van der Waals surface area contributed by atoms with Crippen LogP contribution in [0.2, 0.25) is 0 Å². The Labute approximate surface area is 98.3 Å². The van der Waals surface area contributed by atoms with Crippen LogP contribution < -0.4 is 5.32 Å². The van der Waals surface area contributed by atoms with Crippen LogP contribution in [0.15, 0.2) is 0 Å². The summed E-state index contributed by atoms with van der Waals surface area (Å²) in [4.78, 5) is 13.8. The Morgan fingerprint density at radius 3 is 2.94 bits per heavy atom. The van der Waals surface area contributed by atoms with Crippen LogP contribution in [0.1, 0.15) is 26.7 Å². The number of nitrogens with zero attached hydrogens (tertiary/aromatic N) is 1. The van der Waals surface area contributed by atoms with Crippen molar-refractivity contribution in [2.75, 3.05) is 33.4 Å². The smallest absolute Gasteiger partial charge is 0.223 e. The third kappa shape index (κ3) is 4.49. The summed E-state index contributed by atoms with van der Waals surface area (Å²) in [7, 11) is 1.72. The quantitative estimate of drug-likeness (QED) is 0.733. The maximum atomic E-state index is 11.8. The van der Waals surface area contributed by atoms with E-state index in [1.165, 1.54) is 0 Å². The van der Waals surface area contributed by atoms with E-state index in [1.54, 1.807) is 7.11 Å². The number of amides is 1. The molecule has 0 saturated carbocycles. The monoisotopic (exact) mass is 228 g/mol. The van der Waals surface area contributed by atoms with Crippen LogP contribution in [0.5, 0.6) is 0 Å². The van der Waals surface area contributed by atoms with Gasteiger partial charge in [0.15, 0.2) is 0 Å². The van der Waals surface area contributed by atoms with Gasteiger partial charge in [0, 0.05) is 45.1 Å². The molecule has 4 nitrogen and oxygen atoms in total. The second kappa shape index (κ2) is 6.86. The highest BCUT2D eigenvalue weighted by atomic mass is 16.5. The molecule has 1 amide bonds. The number of hydrogen-bond acceptors (Lipinski definition) is 3. The number of rotatable bonds is 6. The fourth-order valence-electron chi connectivity index (χ4n) is 2.06. The lowest BCUT2D eigenvalue weighted by Crippen LogP contribution is -2.33. The predicted molar refractivity (Wildman–Crippen MR) is 64.3 cm³/mol. The van der Waals surface area contributed by atoms with E-state index in [4.69, 9.17) is 4.74 Å². The molecule has 1 heterocycles. The van der Waals surface area contributed by atoms with Gasteiger partial charge in [0.05, 0.1) is 6.61 Å². The summed E-state index contributed by atoms with van der Waals surface area (Å²) in [6.45, 7) is 7.50. The Balaban J connectivity index is 2.18. The standard InChI is InChI=1S/C12H24N2O2/c1-10(2)13-6-4-12(15)14-7-5-11(8-14)9-16-3/h10-11,13H,4-9H2,1-3H3. The van der Waals surface area contributed by atoms with Crippen molar-refractivity contribution in [3.8, 4) is 0 Å². The van der Waals surface area contributed by atoms with E-state index in [2.05, 4.69) is 19.2 Å². The number of ether oxygens (including phenoxy) is 1. The van der Waals surface area contributed by atoms with Crippen LogP contribution in [0.25, 0.3) is 0 Å². The first-order valence-corrected chi connectivity index (χ1v) is 6.13. The molecule has 94 valence electrons. The third-order valence-electron chi connectivity index (χ3n) is 2.93. The zero-order valence-electron chi connectivity index (χ0n) is 10.7. The van der Waals surface area contributed by atoms with E-state index in [0.717, 1.165) is 32.7 Å². The Kier molecular flexibility index (Phi) is 5.77. The van der Waals surface area contributed by atoms with Crippen molar-refractivity contribution in [1.29, 1.82) is 0 Å². The van der Waals surface area contributed by atoms with Crippen LogP contribution in [0, 0.1) is 5.92 Å². The van der Waals surface area contributed by atoms with Crippen molar-refractivity contribution in [1.82, 2.24) is 10.2 Å². The minimum Gasteiger partial charge on any atom is -0.384 e. The largest absolute Gasteiger partial charge is 0.384 e. The van der Waals surface area contributed by atoms with Gasteiger partial charge in [-0.15, -0.1) is 0 Å². The average molecular weight is 228 g/mol. The molecule has 1 rings (SSSR count). The van der Waals surface area contributed by atoms with Crippen LogP contribution in [-0.2, 0) is 9.53 Å². The van der Waals surface area contributed by atoms with Crippen molar-refractivity contribution in [3.05, 3.63) is 0 Å². The molecule has 1 saturated heterocycles. The van der Waals surface area contributed by atoms with Crippen molar-refractivity contribution < 1.29 is 9.53 Å². The number of carbonyl (C=O) groups is 1. The fourth-order valence-corrected chi connectivity index (χ4v) is 2.06. The summed E-state index contributed by atoms with van der Waals surface area (Å²) < 4.78 is 5.12. The first-order chi connectivity index (χ1) is 7.63. The topological polar surface area (TPSA) is 41.6 Å². The van der Waals surface area contributed by atoms with Crippen LogP contribution >= 0.6 is 0 Å². The summed E-state index contributed by atoms with van der Waals surface area (Å²) in [5.74, 6) is 0.804. The average Bonchev–Trinajstić information content (AvgIpc) is 2.66. The number of likely N-dealkylation sites (tertiary alicyclic amines) is 1. The molecule has 1 fully saturated rings. The van der Waals surface area contributed by atoms with Crippen LogP contribution in [0.4, 0.5) is 0 Å². The highest BCUT2D eigenvalue weighted by Gasteiger charge is 2.25. The van der Waals surface area contributed by atoms with Gasteiger partial charge >= 0.3 is 0 Å². The van der Waals surface area contributed by atoms with Gasteiger partial charge in [-0.05, 0) is 6.42 Å². The molecular formula is C12H24N2O2. The highest BCUT2D eigenvalue weighted by molar-refractivity contribution is 5.76. The Bertz CT molecular complexity index is 219. The highest BCUT2D eigenvalue weighted by Crippen LogP contribution is 2.16. The van der Waals surface area contributed by atoms with E-state index in [9.17, 15) is 4.79 Å². The molecule has 4 heteroatoms. The molecule has 0 aromatic rings. The van der Waals surface area contributed by atoms with E-state index in [-0.39, 0.29) is 5.91 Å². The summed E-state index contributed by atoms with van der Waals surface area (Å²) in [5.41, 5.74) is 0. The molecule has 1 aliphatic rings. The van der Waals surface area contributed by atoms with Crippen LogP contribution in [0.3, 0.4) is 0 Å². The molecule has 0 spiro atoms. The Morgan fingerprint density at radius 2 is 2.31 bits per heavy atom. The van der Waals surface area contributed by atoms with Crippen LogP contribution in [-0.4, -0.2) is 50.2 Å².